The second-order valence-electron chi connectivity index (χ2n) is 10.8. The lowest BCUT2D eigenvalue weighted by molar-refractivity contribution is 0.192. The number of benzene rings is 2. The van der Waals surface area contributed by atoms with Crippen molar-refractivity contribution in [3.05, 3.63) is 80.4 Å². The van der Waals surface area contributed by atoms with Gasteiger partial charge in [-0.25, -0.2) is 4.68 Å². The van der Waals surface area contributed by atoms with E-state index in [9.17, 15) is 4.79 Å². The van der Waals surface area contributed by atoms with E-state index in [1.807, 2.05) is 35.0 Å². The second kappa shape index (κ2) is 10.5. The number of aryl methyl sites for hydroxylation is 2. The minimum absolute atomic E-state index is 0.0855. The maximum Gasteiger partial charge on any atom is 0.253 e. The smallest absolute Gasteiger partial charge is 0.253 e. The van der Waals surface area contributed by atoms with Gasteiger partial charge < -0.3 is 9.88 Å². The minimum atomic E-state index is -0.330. The molecule has 0 radical (unpaired) electrons. The normalized spacial score (nSPS) is 18.2. The van der Waals surface area contributed by atoms with Gasteiger partial charge in [0.05, 0.1) is 6.04 Å². The highest BCUT2D eigenvalue weighted by Crippen LogP contribution is 2.34. The number of aromatic amines is 1. The van der Waals surface area contributed by atoms with E-state index < -0.39 is 0 Å². The van der Waals surface area contributed by atoms with Crippen LogP contribution >= 0.6 is 11.6 Å². The third-order valence-corrected chi connectivity index (χ3v) is 8.43. The monoisotopic (exact) mass is 531 g/mol. The van der Waals surface area contributed by atoms with E-state index in [-0.39, 0.29) is 17.6 Å². The quantitative estimate of drug-likeness (QED) is 0.381. The van der Waals surface area contributed by atoms with Crippen LogP contribution in [-0.4, -0.2) is 56.3 Å². The molecule has 1 saturated heterocycles. The summed E-state index contributed by atoms with van der Waals surface area (Å²) in [7, 11) is 0. The van der Waals surface area contributed by atoms with Crippen LogP contribution < -0.4 is 10.5 Å². The maximum atomic E-state index is 13.6. The van der Waals surface area contributed by atoms with Crippen LogP contribution in [0, 0.1) is 13.8 Å². The number of fused-ring (bicyclic) bond motifs is 1. The molecule has 0 amide bonds. The fraction of sp³-hybridized carbons (Fsp3) is 0.448. The Morgan fingerprint density at radius 2 is 1.76 bits per heavy atom. The summed E-state index contributed by atoms with van der Waals surface area (Å²) in [6.45, 7) is 7.40. The maximum absolute atomic E-state index is 13.6. The zero-order valence-electron chi connectivity index (χ0n) is 22.0. The summed E-state index contributed by atoms with van der Waals surface area (Å²) in [5.41, 5.74) is 4.99. The molecule has 8 nitrogen and oxygen atoms in total. The molecule has 4 aromatic rings. The molecule has 1 saturated carbocycles. The average molecular weight is 532 g/mol. The summed E-state index contributed by atoms with van der Waals surface area (Å²) in [6.07, 6.45) is 5.76. The fourth-order valence-corrected chi connectivity index (χ4v) is 6.32. The average Bonchev–Trinajstić information content (AvgIpc) is 3.41. The molecule has 2 aliphatic rings. The van der Waals surface area contributed by atoms with E-state index >= 15 is 0 Å². The zero-order chi connectivity index (χ0) is 26.2. The van der Waals surface area contributed by atoms with Gasteiger partial charge in [-0.15, -0.1) is 5.10 Å². The van der Waals surface area contributed by atoms with Crippen molar-refractivity contribution >= 4 is 28.2 Å². The minimum Gasteiger partial charge on any atom is -0.369 e. The molecule has 2 fully saturated rings. The molecule has 1 atom stereocenters. The number of nitrogens with one attached hydrogen (secondary N) is 1. The molecular weight excluding hydrogens is 498 g/mol. The highest BCUT2D eigenvalue weighted by molar-refractivity contribution is 6.30. The fourth-order valence-electron chi connectivity index (χ4n) is 6.16. The number of halogens is 1. The number of tetrazole rings is 1. The van der Waals surface area contributed by atoms with Gasteiger partial charge in [-0.2, -0.15) is 0 Å². The lowest BCUT2D eigenvalue weighted by Gasteiger charge is -2.40. The number of anilines is 1. The van der Waals surface area contributed by atoms with E-state index in [0.717, 1.165) is 66.3 Å². The van der Waals surface area contributed by atoms with Crippen LogP contribution in [-0.2, 0) is 0 Å². The Hall–Kier alpha value is -3.23. The first-order valence-electron chi connectivity index (χ1n) is 13.6. The van der Waals surface area contributed by atoms with Gasteiger partial charge in [-0.1, -0.05) is 48.6 Å². The summed E-state index contributed by atoms with van der Waals surface area (Å²) in [5, 5.41) is 14.9. The van der Waals surface area contributed by atoms with Crippen molar-refractivity contribution in [2.24, 2.45) is 0 Å². The van der Waals surface area contributed by atoms with E-state index in [4.69, 9.17) is 11.6 Å². The molecule has 2 aromatic heterocycles. The first-order valence-corrected chi connectivity index (χ1v) is 14.0. The first-order chi connectivity index (χ1) is 18.5. The van der Waals surface area contributed by atoms with Crippen molar-refractivity contribution in [3.8, 4) is 0 Å². The molecule has 1 N–H and O–H groups in total. The molecule has 1 aliphatic carbocycles. The Labute approximate surface area is 227 Å². The number of hydrogen-bond donors (Lipinski definition) is 1. The molecule has 9 heteroatoms. The van der Waals surface area contributed by atoms with Crippen molar-refractivity contribution in [2.45, 2.75) is 58.0 Å². The van der Waals surface area contributed by atoms with Crippen LogP contribution in [0.2, 0.25) is 5.02 Å². The lowest BCUT2D eigenvalue weighted by Crippen LogP contribution is -2.49. The van der Waals surface area contributed by atoms with E-state index in [2.05, 4.69) is 56.3 Å². The van der Waals surface area contributed by atoms with Crippen LogP contribution in [0.4, 0.5) is 5.69 Å². The summed E-state index contributed by atoms with van der Waals surface area (Å²) in [6, 6.07) is 14.2. The van der Waals surface area contributed by atoms with Crippen LogP contribution in [0.3, 0.4) is 0 Å². The van der Waals surface area contributed by atoms with Gasteiger partial charge in [0.15, 0.2) is 5.82 Å². The Kier molecular flexibility index (Phi) is 6.93. The predicted octanol–water partition coefficient (Wildman–Crippen LogP) is 5.20. The van der Waals surface area contributed by atoms with Crippen LogP contribution in [0.1, 0.15) is 66.7 Å². The largest absolute Gasteiger partial charge is 0.369 e. The summed E-state index contributed by atoms with van der Waals surface area (Å²) < 4.78 is 2.01. The molecule has 0 bridgehead atoms. The lowest BCUT2D eigenvalue weighted by atomic mass is 9.95. The third-order valence-electron chi connectivity index (χ3n) is 8.20. The number of rotatable bonds is 5. The molecule has 38 heavy (non-hydrogen) atoms. The number of pyridine rings is 1. The van der Waals surface area contributed by atoms with Gasteiger partial charge >= 0.3 is 0 Å². The van der Waals surface area contributed by atoms with Crippen molar-refractivity contribution in [1.82, 2.24) is 30.1 Å². The van der Waals surface area contributed by atoms with Crippen LogP contribution in [0.5, 0.6) is 0 Å². The van der Waals surface area contributed by atoms with Crippen LogP contribution in [0.25, 0.3) is 10.9 Å². The SMILES string of the molecule is Cc1ccc2[nH]c(=O)c([C@@H](c3nnnn3C3CCCCC3)N3CCN(c4cc(Cl)ccc4C)CC3)cc2c1. The molecule has 6 rings (SSSR count). The van der Waals surface area contributed by atoms with Crippen molar-refractivity contribution in [2.75, 3.05) is 31.1 Å². The van der Waals surface area contributed by atoms with Crippen molar-refractivity contribution in [3.63, 3.8) is 0 Å². The standard InChI is InChI=1S/C29H34ClN7O/c1-19-8-11-25-21(16-19)17-24(29(38)31-25)27(28-32-33-34-37(28)23-6-4-3-5-7-23)36-14-12-35(13-15-36)26-18-22(30)10-9-20(26)2/h8-11,16-18,23,27H,3-7,12-15H2,1-2H3,(H,31,38)/t27-/m0/s1. The Morgan fingerprint density at radius 3 is 2.55 bits per heavy atom. The molecule has 198 valence electrons. The number of hydrogen-bond acceptors (Lipinski definition) is 6. The summed E-state index contributed by atoms with van der Waals surface area (Å²) >= 11 is 6.33. The van der Waals surface area contributed by atoms with Crippen molar-refractivity contribution in [1.29, 1.82) is 0 Å². The highest BCUT2D eigenvalue weighted by Gasteiger charge is 2.34. The number of H-pyrrole nitrogens is 1. The first kappa shape index (κ1) is 25.1. The Morgan fingerprint density at radius 1 is 0.974 bits per heavy atom. The predicted molar refractivity (Wildman–Crippen MR) is 151 cm³/mol. The molecule has 1 aliphatic heterocycles. The number of piperazine rings is 1. The number of nitrogens with zero attached hydrogens (tertiary/aromatic N) is 6. The third kappa shape index (κ3) is 4.83. The van der Waals surface area contributed by atoms with Gasteiger partial charge in [0.2, 0.25) is 0 Å². The summed E-state index contributed by atoms with van der Waals surface area (Å²) in [5.74, 6) is 0.766. The molecule has 2 aromatic carbocycles. The van der Waals surface area contributed by atoms with Gasteiger partial charge in [-0.05, 0) is 78.4 Å². The zero-order valence-corrected chi connectivity index (χ0v) is 22.8. The van der Waals surface area contributed by atoms with Crippen molar-refractivity contribution < 1.29 is 0 Å². The molecular formula is C29H34ClN7O. The van der Waals surface area contributed by atoms with E-state index in [1.165, 1.54) is 30.5 Å². The molecule has 0 unspecified atom stereocenters. The van der Waals surface area contributed by atoms with Gasteiger partial charge in [0, 0.05) is 48.0 Å². The number of aromatic nitrogens is 5. The van der Waals surface area contributed by atoms with Gasteiger partial charge in [0.1, 0.15) is 6.04 Å². The Bertz CT molecular complexity index is 1500. The molecule has 3 heterocycles. The van der Waals surface area contributed by atoms with E-state index in [1.54, 1.807) is 0 Å². The topological polar surface area (TPSA) is 82.9 Å². The summed E-state index contributed by atoms with van der Waals surface area (Å²) in [4.78, 5) is 21.4. The van der Waals surface area contributed by atoms with E-state index in [0.29, 0.717) is 5.56 Å². The highest BCUT2D eigenvalue weighted by atomic mass is 35.5. The van der Waals surface area contributed by atoms with Crippen LogP contribution in [0.15, 0.2) is 47.3 Å². The van der Waals surface area contributed by atoms with Gasteiger partial charge in [-0.3, -0.25) is 9.69 Å². The Balaban J connectivity index is 1.39. The molecule has 0 spiro atoms. The van der Waals surface area contributed by atoms with Gasteiger partial charge in [0.25, 0.3) is 5.56 Å². The second-order valence-corrected chi connectivity index (χ2v) is 11.2.